The Bertz CT molecular complexity index is 925. The predicted octanol–water partition coefficient (Wildman–Crippen LogP) is 4.71. The van der Waals surface area contributed by atoms with Crippen LogP contribution in [0.1, 0.15) is 66.1 Å². The number of nitrogens with zero attached hydrogens (tertiary/aromatic N) is 2. The molecule has 4 nitrogen and oxygen atoms in total. The third kappa shape index (κ3) is 3.80. The number of carbonyl (C=O) groups excluding carboxylic acids is 2. The first-order valence-corrected chi connectivity index (χ1v) is 12.2. The lowest BCUT2D eigenvalue weighted by Gasteiger charge is -2.38. The highest BCUT2D eigenvalue weighted by molar-refractivity contribution is 7.10. The molecule has 2 aromatic rings. The average molecular weight is 423 g/mol. The average Bonchev–Trinajstić information content (AvgIpc) is 3.24. The van der Waals surface area contributed by atoms with Gasteiger partial charge < -0.3 is 9.80 Å². The minimum absolute atomic E-state index is 0.0456. The highest BCUT2D eigenvalue weighted by atomic mass is 32.1. The van der Waals surface area contributed by atoms with Crippen molar-refractivity contribution in [3.8, 4) is 0 Å². The molecule has 0 spiro atoms. The molecule has 5 heteroatoms. The molecule has 2 aliphatic carbocycles. The topological polar surface area (TPSA) is 40.6 Å². The second kappa shape index (κ2) is 8.18. The van der Waals surface area contributed by atoms with E-state index >= 15 is 0 Å². The summed E-state index contributed by atoms with van der Waals surface area (Å²) in [6, 6.07) is 11.0. The van der Waals surface area contributed by atoms with Gasteiger partial charge in [0.25, 0.3) is 0 Å². The lowest BCUT2D eigenvalue weighted by molar-refractivity contribution is -0.144. The fourth-order valence-electron chi connectivity index (χ4n) is 5.11. The molecule has 30 heavy (non-hydrogen) atoms. The summed E-state index contributed by atoms with van der Waals surface area (Å²) in [4.78, 5) is 32.1. The van der Waals surface area contributed by atoms with Crippen LogP contribution in [0, 0.1) is 12.8 Å². The minimum atomic E-state index is -0.0456. The Balaban J connectivity index is 1.40. The van der Waals surface area contributed by atoms with Crippen molar-refractivity contribution in [3.63, 3.8) is 0 Å². The van der Waals surface area contributed by atoms with Gasteiger partial charge in [0, 0.05) is 23.4 Å². The molecule has 0 N–H and O–H groups in total. The van der Waals surface area contributed by atoms with Crippen molar-refractivity contribution in [2.24, 2.45) is 5.92 Å². The third-order valence-electron chi connectivity index (χ3n) is 6.96. The number of benzene rings is 1. The monoisotopic (exact) mass is 422 g/mol. The molecule has 1 atom stereocenters. The number of thiophene rings is 1. The summed E-state index contributed by atoms with van der Waals surface area (Å²) < 4.78 is 0. The second-order valence-electron chi connectivity index (χ2n) is 9.13. The van der Waals surface area contributed by atoms with Crippen molar-refractivity contribution < 1.29 is 9.59 Å². The fraction of sp³-hybridized carbons (Fsp3) is 0.520. The van der Waals surface area contributed by atoms with Crippen molar-refractivity contribution in [2.45, 2.75) is 64.0 Å². The third-order valence-corrected chi connectivity index (χ3v) is 7.96. The van der Waals surface area contributed by atoms with Crippen molar-refractivity contribution >= 4 is 23.2 Å². The Morgan fingerprint density at radius 1 is 1.07 bits per heavy atom. The first-order chi connectivity index (χ1) is 14.6. The summed E-state index contributed by atoms with van der Waals surface area (Å²) >= 11 is 1.79. The van der Waals surface area contributed by atoms with Crippen molar-refractivity contribution in [2.75, 3.05) is 13.1 Å². The molecule has 1 unspecified atom stereocenters. The standard InChI is InChI=1S/C25H30N2O2S/c1-17-6-8-18(9-7-17)24-21-13-15-30-22(21)12-14-26(24)23(28)16-27(20-10-11-20)25(29)19-4-2-3-5-19/h6-9,13,15,19-20,24H,2-5,10-12,14,16H2,1H3. The summed E-state index contributed by atoms with van der Waals surface area (Å²) in [5.41, 5.74) is 3.64. The van der Waals surface area contributed by atoms with E-state index < -0.39 is 0 Å². The number of rotatable bonds is 5. The van der Waals surface area contributed by atoms with E-state index in [4.69, 9.17) is 0 Å². The van der Waals surface area contributed by atoms with Gasteiger partial charge in [0.1, 0.15) is 6.54 Å². The van der Waals surface area contributed by atoms with Crippen LogP contribution in [0.5, 0.6) is 0 Å². The Labute approximate surface area is 182 Å². The highest BCUT2D eigenvalue weighted by Crippen LogP contribution is 2.39. The van der Waals surface area contributed by atoms with Gasteiger partial charge in [0.05, 0.1) is 6.04 Å². The molecule has 3 aliphatic rings. The summed E-state index contributed by atoms with van der Waals surface area (Å²) in [7, 11) is 0. The second-order valence-corrected chi connectivity index (χ2v) is 10.1. The number of carbonyl (C=O) groups is 2. The van der Waals surface area contributed by atoms with Crippen molar-refractivity contribution in [1.29, 1.82) is 0 Å². The van der Waals surface area contributed by atoms with Crippen LogP contribution in [0.25, 0.3) is 0 Å². The molecule has 2 amide bonds. The molecule has 0 saturated heterocycles. The molecule has 158 valence electrons. The highest BCUT2D eigenvalue weighted by Gasteiger charge is 2.40. The van der Waals surface area contributed by atoms with Gasteiger partial charge in [-0.1, -0.05) is 42.7 Å². The van der Waals surface area contributed by atoms with Crippen LogP contribution in [0.15, 0.2) is 35.7 Å². The van der Waals surface area contributed by atoms with Gasteiger partial charge in [-0.25, -0.2) is 0 Å². The molecular weight excluding hydrogens is 392 g/mol. The SMILES string of the molecule is Cc1ccc(C2c3ccsc3CCN2C(=O)CN(C(=O)C2CCCC2)C2CC2)cc1. The van der Waals surface area contributed by atoms with E-state index in [0.29, 0.717) is 0 Å². The molecule has 1 aromatic carbocycles. The summed E-state index contributed by atoms with van der Waals surface area (Å²) in [6.45, 7) is 3.05. The van der Waals surface area contributed by atoms with Crippen LogP contribution in [0.3, 0.4) is 0 Å². The maximum absolute atomic E-state index is 13.6. The smallest absolute Gasteiger partial charge is 0.243 e. The maximum atomic E-state index is 13.6. The van der Waals surface area contributed by atoms with E-state index in [0.717, 1.165) is 57.1 Å². The normalized spacial score (nSPS) is 21.5. The van der Waals surface area contributed by atoms with Crippen molar-refractivity contribution in [3.05, 3.63) is 57.3 Å². The number of fused-ring (bicyclic) bond motifs is 1. The van der Waals surface area contributed by atoms with E-state index in [1.807, 2.05) is 9.80 Å². The zero-order valence-electron chi connectivity index (χ0n) is 17.7. The maximum Gasteiger partial charge on any atom is 0.243 e. The molecule has 2 saturated carbocycles. The number of aryl methyl sites for hydroxylation is 1. The molecule has 2 heterocycles. The van der Waals surface area contributed by atoms with Gasteiger partial charge in [-0.3, -0.25) is 9.59 Å². The first kappa shape index (κ1) is 19.8. The van der Waals surface area contributed by atoms with Crippen LogP contribution in [-0.4, -0.2) is 40.7 Å². The van der Waals surface area contributed by atoms with Crippen LogP contribution in [-0.2, 0) is 16.0 Å². The number of amides is 2. The molecular formula is C25H30N2O2S. The summed E-state index contributed by atoms with van der Waals surface area (Å²) in [5.74, 6) is 0.454. The van der Waals surface area contributed by atoms with Gasteiger partial charge in [0.2, 0.25) is 11.8 Å². The number of hydrogen-bond acceptors (Lipinski definition) is 3. The molecule has 0 radical (unpaired) electrons. The Morgan fingerprint density at radius 3 is 2.50 bits per heavy atom. The lowest BCUT2D eigenvalue weighted by Crippen LogP contribution is -2.48. The molecule has 5 rings (SSSR count). The quantitative estimate of drug-likeness (QED) is 0.700. The largest absolute Gasteiger partial charge is 0.330 e. The van der Waals surface area contributed by atoms with E-state index in [1.165, 1.54) is 16.0 Å². The van der Waals surface area contributed by atoms with Crippen molar-refractivity contribution in [1.82, 2.24) is 9.80 Å². The van der Waals surface area contributed by atoms with Gasteiger partial charge >= 0.3 is 0 Å². The predicted molar refractivity (Wildman–Crippen MR) is 119 cm³/mol. The van der Waals surface area contributed by atoms with E-state index in [2.05, 4.69) is 42.6 Å². The minimum Gasteiger partial charge on any atom is -0.330 e. The van der Waals surface area contributed by atoms with Crippen LogP contribution >= 0.6 is 11.3 Å². The fourth-order valence-corrected chi connectivity index (χ4v) is 6.01. The zero-order valence-corrected chi connectivity index (χ0v) is 18.5. The van der Waals surface area contributed by atoms with E-state index in [1.54, 1.807) is 11.3 Å². The Hall–Kier alpha value is -2.14. The van der Waals surface area contributed by atoms with Gasteiger partial charge in [0.15, 0.2) is 0 Å². The Morgan fingerprint density at radius 2 is 1.80 bits per heavy atom. The van der Waals surface area contributed by atoms with Crippen LogP contribution in [0.4, 0.5) is 0 Å². The van der Waals surface area contributed by atoms with Gasteiger partial charge in [-0.05, 0) is 61.6 Å². The summed E-state index contributed by atoms with van der Waals surface area (Å²) in [6.07, 6.45) is 7.26. The molecule has 0 bridgehead atoms. The number of hydrogen-bond donors (Lipinski definition) is 0. The zero-order chi connectivity index (χ0) is 20.7. The van der Waals surface area contributed by atoms with Crippen LogP contribution in [0.2, 0.25) is 0 Å². The van der Waals surface area contributed by atoms with Crippen LogP contribution < -0.4 is 0 Å². The molecule has 2 fully saturated rings. The van der Waals surface area contributed by atoms with Gasteiger partial charge in [-0.2, -0.15) is 0 Å². The summed E-state index contributed by atoms with van der Waals surface area (Å²) in [5, 5.41) is 2.14. The molecule has 1 aromatic heterocycles. The Kier molecular flexibility index (Phi) is 5.40. The first-order valence-electron chi connectivity index (χ1n) is 11.3. The lowest BCUT2D eigenvalue weighted by atomic mass is 9.92. The van der Waals surface area contributed by atoms with E-state index in [-0.39, 0.29) is 36.4 Å². The van der Waals surface area contributed by atoms with E-state index in [9.17, 15) is 9.59 Å². The van der Waals surface area contributed by atoms with Gasteiger partial charge in [-0.15, -0.1) is 11.3 Å². The molecule has 1 aliphatic heterocycles.